The van der Waals surface area contributed by atoms with E-state index in [4.69, 9.17) is 4.74 Å². The van der Waals surface area contributed by atoms with Crippen LogP contribution in [0.2, 0.25) is 0 Å². The minimum Gasteiger partial charge on any atom is -0.494 e. The van der Waals surface area contributed by atoms with Crippen LogP contribution in [0.25, 0.3) is 0 Å². The van der Waals surface area contributed by atoms with Crippen molar-refractivity contribution in [3.8, 4) is 5.75 Å². The van der Waals surface area contributed by atoms with Gasteiger partial charge >= 0.3 is 0 Å². The summed E-state index contributed by atoms with van der Waals surface area (Å²) in [6.07, 6.45) is 4.60. The second kappa shape index (κ2) is 7.98. The number of hydrogen-bond acceptors (Lipinski definition) is 4. The van der Waals surface area contributed by atoms with Gasteiger partial charge in [0.2, 0.25) is 0 Å². The van der Waals surface area contributed by atoms with Crippen molar-refractivity contribution in [1.29, 1.82) is 0 Å². The van der Waals surface area contributed by atoms with Gasteiger partial charge in [-0.2, -0.15) is 0 Å². The van der Waals surface area contributed by atoms with Crippen LogP contribution in [0.1, 0.15) is 39.2 Å². The highest BCUT2D eigenvalue weighted by molar-refractivity contribution is 7.10. The second-order valence-electron chi connectivity index (χ2n) is 7.30. The van der Waals surface area contributed by atoms with Gasteiger partial charge in [0.05, 0.1) is 12.7 Å². The minimum atomic E-state index is -0.328. The Morgan fingerprint density at radius 1 is 1.19 bits per heavy atom. The number of thiophene rings is 1. The summed E-state index contributed by atoms with van der Waals surface area (Å²) in [4.78, 5) is 18.6. The van der Waals surface area contributed by atoms with E-state index in [1.807, 2.05) is 11.0 Å². The quantitative estimate of drug-likeness (QED) is 0.800. The predicted molar refractivity (Wildman–Crippen MR) is 105 cm³/mol. The Balaban J connectivity index is 1.35. The first-order valence-corrected chi connectivity index (χ1v) is 10.5. The van der Waals surface area contributed by atoms with Crippen molar-refractivity contribution >= 4 is 17.2 Å². The van der Waals surface area contributed by atoms with Gasteiger partial charge in [-0.1, -0.05) is 6.07 Å². The van der Waals surface area contributed by atoms with Crippen molar-refractivity contribution in [2.75, 3.05) is 33.3 Å². The second-order valence-corrected chi connectivity index (χ2v) is 8.26. The number of carbonyl (C=O) groups is 1. The van der Waals surface area contributed by atoms with Crippen LogP contribution in [-0.2, 0) is 19.4 Å². The van der Waals surface area contributed by atoms with Crippen LogP contribution in [0.15, 0.2) is 23.6 Å². The SMILES string of the molecule is COc1ccc(CN2CCN(C(=O)c3csc4c3CCCC4)CC2)cc1F. The molecule has 2 aliphatic rings. The summed E-state index contributed by atoms with van der Waals surface area (Å²) in [6, 6.07) is 5.11. The molecule has 1 aliphatic carbocycles. The van der Waals surface area contributed by atoms with Crippen LogP contribution in [0.4, 0.5) is 4.39 Å². The first kappa shape index (κ1) is 18.4. The summed E-state index contributed by atoms with van der Waals surface area (Å²) in [5, 5.41) is 2.06. The molecule has 0 unspecified atom stereocenters. The van der Waals surface area contributed by atoms with E-state index in [0.717, 1.165) is 50.1 Å². The number of benzene rings is 1. The van der Waals surface area contributed by atoms with E-state index in [2.05, 4.69) is 10.3 Å². The lowest BCUT2D eigenvalue weighted by Gasteiger charge is -2.35. The molecule has 0 radical (unpaired) electrons. The fourth-order valence-electron chi connectivity index (χ4n) is 4.02. The average molecular weight is 389 g/mol. The number of methoxy groups -OCH3 is 1. The molecule has 1 fully saturated rings. The Bertz CT molecular complexity index is 828. The number of aryl methyl sites for hydroxylation is 1. The number of fused-ring (bicyclic) bond motifs is 1. The summed E-state index contributed by atoms with van der Waals surface area (Å²) in [7, 11) is 1.47. The normalized spacial score (nSPS) is 17.6. The molecule has 0 bridgehead atoms. The van der Waals surface area contributed by atoms with E-state index in [-0.39, 0.29) is 17.5 Å². The molecule has 0 spiro atoms. The zero-order valence-corrected chi connectivity index (χ0v) is 16.5. The van der Waals surface area contributed by atoms with E-state index in [9.17, 15) is 9.18 Å². The number of hydrogen-bond donors (Lipinski definition) is 0. The Kier molecular flexibility index (Phi) is 5.45. The molecule has 2 aromatic rings. The zero-order chi connectivity index (χ0) is 18.8. The maximum Gasteiger partial charge on any atom is 0.255 e. The number of rotatable bonds is 4. The molecule has 0 atom stereocenters. The van der Waals surface area contributed by atoms with Crippen LogP contribution in [0, 0.1) is 5.82 Å². The van der Waals surface area contributed by atoms with Gasteiger partial charge in [-0.3, -0.25) is 9.69 Å². The lowest BCUT2D eigenvalue weighted by Crippen LogP contribution is -2.48. The van der Waals surface area contributed by atoms with Crippen molar-refractivity contribution in [2.45, 2.75) is 32.2 Å². The van der Waals surface area contributed by atoms with Gasteiger partial charge in [0.15, 0.2) is 11.6 Å². The molecule has 1 aliphatic heterocycles. The van der Waals surface area contributed by atoms with E-state index >= 15 is 0 Å². The Hall–Kier alpha value is -1.92. The van der Waals surface area contributed by atoms with Crippen LogP contribution >= 0.6 is 11.3 Å². The number of nitrogens with zero attached hydrogens (tertiary/aromatic N) is 2. The van der Waals surface area contributed by atoms with Gasteiger partial charge in [0, 0.05) is 43.0 Å². The molecule has 144 valence electrons. The highest BCUT2D eigenvalue weighted by Gasteiger charge is 2.26. The number of carbonyl (C=O) groups excluding carboxylic acids is 1. The highest BCUT2D eigenvalue weighted by atomic mass is 32.1. The highest BCUT2D eigenvalue weighted by Crippen LogP contribution is 2.31. The van der Waals surface area contributed by atoms with Gasteiger partial charge in [-0.05, 0) is 48.9 Å². The first-order valence-electron chi connectivity index (χ1n) is 9.59. The summed E-state index contributed by atoms with van der Waals surface area (Å²) in [6.45, 7) is 3.76. The van der Waals surface area contributed by atoms with Crippen molar-refractivity contribution < 1.29 is 13.9 Å². The summed E-state index contributed by atoms with van der Waals surface area (Å²) in [5.74, 6) is 0.129. The van der Waals surface area contributed by atoms with Crippen LogP contribution in [-0.4, -0.2) is 49.0 Å². The predicted octanol–water partition coefficient (Wildman–Crippen LogP) is 3.73. The van der Waals surface area contributed by atoms with E-state index in [1.54, 1.807) is 17.4 Å². The van der Waals surface area contributed by atoms with Crippen molar-refractivity contribution in [2.24, 2.45) is 0 Å². The van der Waals surface area contributed by atoms with Crippen molar-refractivity contribution in [3.63, 3.8) is 0 Å². The third kappa shape index (κ3) is 3.87. The molecule has 4 nitrogen and oxygen atoms in total. The molecule has 27 heavy (non-hydrogen) atoms. The molecule has 0 saturated carbocycles. The summed E-state index contributed by atoms with van der Waals surface area (Å²) in [5.41, 5.74) is 3.16. The lowest BCUT2D eigenvalue weighted by atomic mass is 9.95. The van der Waals surface area contributed by atoms with Crippen LogP contribution < -0.4 is 4.74 Å². The first-order chi connectivity index (χ1) is 13.2. The van der Waals surface area contributed by atoms with Gasteiger partial charge < -0.3 is 9.64 Å². The van der Waals surface area contributed by atoms with Gasteiger partial charge in [0.25, 0.3) is 5.91 Å². The molecule has 2 heterocycles. The maximum atomic E-state index is 13.9. The fraction of sp³-hybridized carbons (Fsp3) is 0.476. The fourth-order valence-corrected chi connectivity index (χ4v) is 5.14. The molecule has 6 heteroatoms. The standard InChI is InChI=1S/C21H25FN2O2S/c1-26-19-7-6-15(12-18(19)22)13-23-8-10-24(11-9-23)21(25)17-14-27-20-5-3-2-4-16(17)20/h6-7,12,14H,2-5,8-11,13H2,1H3. The summed E-state index contributed by atoms with van der Waals surface area (Å²) < 4.78 is 18.8. The monoisotopic (exact) mass is 388 g/mol. The molecular formula is C21H25FN2O2S. The summed E-state index contributed by atoms with van der Waals surface area (Å²) >= 11 is 1.75. The molecular weight excluding hydrogens is 363 g/mol. The number of ether oxygens (including phenoxy) is 1. The largest absolute Gasteiger partial charge is 0.494 e. The molecule has 1 aromatic heterocycles. The van der Waals surface area contributed by atoms with Crippen LogP contribution in [0.3, 0.4) is 0 Å². The topological polar surface area (TPSA) is 32.8 Å². The molecule has 1 aromatic carbocycles. The number of amides is 1. The Morgan fingerprint density at radius 3 is 2.70 bits per heavy atom. The van der Waals surface area contributed by atoms with E-state index < -0.39 is 0 Å². The van der Waals surface area contributed by atoms with Crippen molar-refractivity contribution in [1.82, 2.24) is 9.80 Å². The molecule has 1 saturated heterocycles. The minimum absolute atomic E-state index is 0.185. The van der Waals surface area contributed by atoms with Crippen molar-refractivity contribution in [3.05, 3.63) is 51.0 Å². The maximum absolute atomic E-state index is 13.9. The number of halogens is 1. The van der Waals surface area contributed by atoms with Gasteiger partial charge in [-0.25, -0.2) is 4.39 Å². The molecule has 1 amide bonds. The Labute approximate surface area is 163 Å². The van der Waals surface area contributed by atoms with Gasteiger partial charge in [-0.15, -0.1) is 11.3 Å². The third-order valence-electron chi connectivity index (χ3n) is 5.57. The van der Waals surface area contributed by atoms with Gasteiger partial charge in [0.1, 0.15) is 0 Å². The van der Waals surface area contributed by atoms with E-state index in [1.165, 1.54) is 36.5 Å². The lowest BCUT2D eigenvalue weighted by molar-refractivity contribution is 0.0627. The molecule has 0 N–H and O–H groups in total. The number of piperazine rings is 1. The molecule has 4 rings (SSSR count). The third-order valence-corrected chi connectivity index (χ3v) is 6.66. The van der Waals surface area contributed by atoms with Crippen LogP contribution in [0.5, 0.6) is 5.75 Å². The Morgan fingerprint density at radius 2 is 1.96 bits per heavy atom. The average Bonchev–Trinajstić information content (AvgIpc) is 3.12. The smallest absolute Gasteiger partial charge is 0.255 e. The zero-order valence-electron chi connectivity index (χ0n) is 15.7. The van der Waals surface area contributed by atoms with E-state index in [0.29, 0.717) is 6.54 Å².